The first-order valence-corrected chi connectivity index (χ1v) is 8.24. The van der Waals surface area contributed by atoms with Gasteiger partial charge in [-0.1, -0.05) is 18.6 Å². The van der Waals surface area contributed by atoms with Gasteiger partial charge in [0.1, 0.15) is 18.5 Å². The average molecular weight is 360 g/mol. The fraction of sp³-hybridized carbons (Fsp3) is 0.588. The molecule has 1 fully saturated rings. The highest BCUT2D eigenvalue weighted by molar-refractivity contribution is 5.81. The van der Waals surface area contributed by atoms with Crippen molar-refractivity contribution in [1.29, 1.82) is 0 Å². The number of aliphatic hydroxyl groups excluding tert-OH is 1. The summed E-state index contributed by atoms with van der Waals surface area (Å²) < 4.78 is 43.8. The molecule has 25 heavy (non-hydrogen) atoms. The Balaban J connectivity index is 1.86. The molecule has 1 aromatic carbocycles. The predicted molar refractivity (Wildman–Crippen MR) is 86.2 cm³/mol. The number of nitrogens with zero attached hydrogens (tertiary/aromatic N) is 1. The van der Waals surface area contributed by atoms with Crippen molar-refractivity contribution in [3.63, 3.8) is 0 Å². The lowest BCUT2D eigenvalue weighted by atomic mass is 10.0. The summed E-state index contributed by atoms with van der Waals surface area (Å²) in [5.41, 5.74) is -0.891. The highest BCUT2D eigenvalue weighted by Crippen LogP contribution is 2.35. The van der Waals surface area contributed by atoms with E-state index in [4.69, 9.17) is 4.74 Å². The lowest BCUT2D eigenvalue weighted by molar-refractivity contribution is -0.139. The van der Waals surface area contributed by atoms with E-state index in [9.17, 15) is 23.1 Å². The van der Waals surface area contributed by atoms with Crippen molar-refractivity contribution in [2.45, 2.75) is 37.6 Å². The first-order valence-electron chi connectivity index (χ1n) is 8.24. The zero-order valence-electron chi connectivity index (χ0n) is 14.1. The molecule has 0 aromatic heterocycles. The van der Waals surface area contributed by atoms with Gasteiger partial charge in [-0.25, -0.2) is 0 Å². The lowest BCUT2D eigenvalue weighted by Gasteiger charge is -2.28. The van der Waals surface area contributed by atoms with Crippen molar-refractivity contribution in [3.8, 4) is 5.75 Å². The van der Waals surface area contributed by atoms with Crippen LogP contribution in [0.25, 0.3) is 0 Å². The van der Waals surface area contributed by atoms with Crippen molar-refractivity contribution < 1.29 is 27.8 Å². The van der Waals surface area contributed by atoms with Crippen molar-refractivity contribution in [2.24, 2.45) is 0 Å². The molecule has 1 aliphatic rings. The molecule has 2 unspecified atom stereocenters. The number of carbonyl (C=O) groups excluding carboxylic acids is 1. The number of aliphatic hydroxyl groups is 1. The van der Waals surface area contributed by atoms with Crippen LogP contribution in [-0.4, -0.2) is 54.8 Å². The molecule has 2 rings (SSSR count). The van der Waals surface area contributed by atoms with E-state index >= 15 is 0 Å². The quantitative estimate of drug-likeness (QED) is 0.815. The Hall–Kier alpha value is -1.80. The Bertz CT molecular complexity index is 575. The summed E-state index contributed by atoms with van der Waals surface area (Å²) >= 11 is 0. The summed E-state index contributed by atoms with van der Waals surface area (Å²) in [6.07, 6.45) is -2.87. The Morgan fingerprint density at radius 2 is 2.12 bits per heavy atom. The van der Waals surface area contributed by atoms with Crippen molar-refractivity contribution in [2.75, 3.05) is 26.7 Å². The summed E-state index contributed by atoms with van der Waals surface area (Å²) in [6.45, 7) is 0.443. The number of hydrogen-bond donors (Lipinski definition) is 2. The summed E-state index contributed by atoms with van der Waals surface area (Å²) in [5, 5.41) is 13.1. The smallest absolute Gasteiger partial charge is 0.419 e. The van der Waals surface area contributed by atoms with E-state index < -0.39 is 17.8 Å². The molecule has 2 N–H and O–H groups in total. The van der Waals surface area contributed by atoms with Crippen LogP contribution in [0.1, 0.15) is 24.8 Å². The average Bonchev–Trinajstić information content (AvgIpc) is 2.59. The number of hydrogen-bond acceptors (Lipinski definition) is 4. The number of benzene rings is 1. The molecular weight excluding hydrogens is 337 g/mol. The number of likely N-dealkylation sites (N-methyl/N-ethyl adjacent to an activating group) is 1. The van der Waals surface area contributed by atoms with Crippen molar-refractivity contribution in [3.05, 3.63) is 29.8 Å². The largest absolute Gasteiger partial charge is 0.490 e. The molecule has 1 saturated heterocycles. The van der Waals surface area contributed by atoms with E-state index in [1.165, 1.54) is 23.1 Å². The van der Waals surface area contributed by atoms with Gasteiger partial charge in [-0.3, -0.25) is 4.79 Å². The molecule has 8 heteroatoms. The molecule has 2 atom stereocenters. The number of piperidine rings is 1. The molecular formula is C17H23F3N2O3. The van der Waals surface area contributed by atoms with E-state index in [0.717, 1.165) is 31.9 Å². The second-order valence-electron chi connectivity index (χ2n) is 6.18. The number of nitrogens with one attached hydrogen (secondary N) is 1. The van der Waals surface area contributed by atoms with Gasteiger partial charge in [0, 0.05) is 13.6 Å². The third-order valence-corrected chi connectivity index (χ3v) is 4.09. The second-order valence-corrected chi connectivity index (χ2v) is 6.18. The van der Waals surface area contributed by atoms with E-state index in [0.29, 0.717) is 0 Å². The first-order chi connectivity index (χ1) is 11.8. The number of amides is 1. The van der Waals surface area contributed by atoms with E-state index in [1.54, 1.807) is 7.05 Å². The van der Waals surface area contributed by atoms with Gasteiger partial charge in [-0.15, -0.1) is 0 Å². The Morgan fingerprint density at radius 1 is 1.40 bits per heavy atom. The van der Waals surface area contributed by atoms with Crippen LogP contribution in [0.5, 0.6) is 5.75 Å². The molecule has 140 valence electrons. The fourth-order valence-corrected chi connectivity index (χ4v) is 2.80. The minimum absolute atomic E-state index is 0.00873. The molecule has 1 aliphatic heterocycles. The van der Waals surface area contributed by atoms with E-state index in [-0.39, 0.29) is 30.9 Å². The summed E-state index contributed by atoms with van der Waals surface area (Å²) in [6, 6.07) is 4.57. The van der Waals surface area contributed by atoms with Gasteiger partial charge >= 0.3 is 6.18 Å². The molecule has 5 nitrogen and oxygen atoms in total. The van der Waals surface area contributed by atoms with Gasteiger partial charge in [0.15, 0.2) is 0 Å². The highest BCUT2D eigenvalue weighted by Gasteiger charge is 2.34. The number of para-hydroxylation sites is 1. The monoisotopic (exact) mass is 360 g/mol. The Kier molecular flexibility index (Phi) is 6.66. The number of halogens is 3. The number of rotatable bonds is 6. The van der Waals surface area contributed by atoms with Gasteiger partial charge in [0.25, 0.3) is 0 Å². The second kappa shape index (κ2) is 8.53. The predicted octanol–water partition coefficient (Wildman–Crippen LogP) is 2.05. The lowest BCUT2D eigenvalue weighted by Crippen LogP contribution is -2.49. The zero-order valence-corrected chi connectivity index (χ0v) is 14.1. The molecule has 0 aliphatic carbocycles. The van der Waals surface area contributed by atoms with Crippen LogP contribution in [0.3, 0.4) is 0 Å². The summed E-state index contributed by atoms with van der Waals surface area (Å²) in [4.78, 5) is 13.6. The normalized spacial score (nSPS) is 19.3. The first kappa shape index (κ1) is 19.5. The number of carbonyl (C=O) groups is 1. The maximum absolute atomic E-state index is 12.9. The highest BCUT2D eigenvalue weighted by atomic mass is 19.4. The SMILES string of the molecule is CN(CC(O)COc1ccccc1C(F)(F)F)C(=O)C1CCCCN1. The summed E-state index contributed by atoms with van der Waals surface area (Å²) in [7, 11) is 1.56. The van der Waals surface area contributed by atoms with E-state index in [2.05, 4.69) is 5.32 Å². The maximum Gasteiger partial charge on any atom is 0.419 e. The molecule has 1 heterocycles. The molecule has 0 bridgehead atoms. The summed E-state index contributed by atoms with van der Waals surface area (Å²) in [5.74, 6) is -0.466. The minimum atomic E-state index is -4.53. The van der Waals surface area contributed by atoms with Crippen LogP contribution in [0.4, 0.5) is 13.2 Å². The third kappa shape index (κ3) is 5.61. The van der Waals surface area contributed by atoms with Crippen LogP contribution < -0.4 is 10.1 Å². The van der Waals surface area contributed by atoms with Crippen LogP contribution in [0.15, 0.2) is 24.3 Å². The van der Waals surface area contributed by atoms with Gasteiger partial charge in [-0.2, -0.15) is 13.2 Å². The standard InChI is InChI=1S/C17H23F3N2O3/c1-22(16(24)14-7-4-5-9-21-14)10-12(23)11-25-15-8-3-2-6-13(15)17(18,19)20/h2-3,6,8,12,14,21,23H,4-5,7,9-11H2,1H3. The van der Waals surface area contributed by atoms with Crippen LogP contribution in [0, 0.1) is 0 Å². The Morgan fingerprint density at radius 3 is 2.76 bits per heavy atom. The Labute approximate surface area is 144 Å². The molecule has 1 amide bonds. The van der Waals surface area contributed by atoms with Gasteiger partial charge in [-0.05, 0) is 31.5 Å². The molecule has 1 aromatic rings. The van der Waals surface area contributed by atoms with Crippen molar-refractivity contribution >= 4 is 5.91 Å². The fourth-order valence-electron chi connectivity index (χ4n) is 2.80. The van der Waals surface area contributed by atoms with Crippen LogP contribution in [-0.2, 0) is 11.0 Å². The number of ether oxygens (including phenoxy) is 1. The maximum atomic E-state index is 12.9. The van der Waals surface area contributed by atoms with E-state index in [1.807, 2.05) is 0 Å². The molecule has 0 saturated carbocycles. The van der Waals surface area contributed by atoms with Gasteiger partial charge < -0.3 is 20.1 Å². The van der Waals surface area contributed by atoms with Gasteiger partial charge in [0.2, 0.25) is 5.91 Å². The third-order valence-electron chi connectivity index (χ3n) is 4.09. The zero-order chi connectivity index (χ0) is 18.4. The van der Waals surface area contributed by atoms with Crippen molar-refractivity contribution in [1.82, 2.24) is 10.2 Å². The minimum Gasteiger partial charge on any atom is -0.490 e. The van der Waals surface area contributed by atoms with Gasteiger partial charge in [0.05, 0.1) is 11.6 Å². The molecule has 0 spiro atoms. The number of alkyl halides is 3. The molecule has 0 radical (unpaired) electrons. The van der Waals surface area contributed by atoms with Crippen LogP contribution in [0.2, 0.25) is 0 Å². The topological polar surface area (TPSA) is 61.8 Å². The van der Waals surface area contributed by atoms with Crippen LogP contribution >= 0.6 is 0 Å².